The van der Waals surface area contributed by atoms with Gasteiger partial charge in [0.1, 0.15) is 6.79 Å². The lowest BCUT2D eigenvalue weighted by Gasteiger charge is -2.22. The Kier molecular flexibility index (Phi) is 5.34. The highest BCUT2D eigenvalue weighted by Crippen LogP contribution is 2.29. The van der Waals surface area contributed by atoms with Gasteiger partial charge in [-0.2, -0.15) is 0 Å². The summed E-state index contributed by atoms with van der Waals surface area (Å²) in [5, 5.41) is 9.83. The fraction of sp³-hybridized carbons (Fsp3) is 0.300. The van der Waals surface area contributed by atoms with E-state index in [1.165, 1.54) is 5.56 Å². The maximum absolute atomic E-state index is 5.66. The molecule has 0 amide bonds. The molecule has 0 N–H and O–H groups in total. The fourth-order valence-corrected chi connectivity index (χ4v) is 3.96. The molecule has 1 atom stereocenters. The third-order valence-corrected chi connectivity index (χ3v) is 5.36. The number of ether oxygens (including phenoxy) is 2. The van der Waals surface area contributed by atoms with Gasteiger partial charge in [-0.25, -0.2) is 0 Å². The molecule has 0 spiro atoms. The molecule has 1 aromatic heterocycles. The van der Waals surface area contributed by atoms with Crippen molar-refractivity contribution in [2.24, 2.45) is 0 Å². The number of benzene rings is 2. The molecule has 6 heteroatoms. The lowest BCUT2D eigenvalue weighted by molar-refractivity contribution is -0.130. The zero-order valence-corrected chi connectivity index (χ0v) is 15.5. The van der Waals surface area contributed by atoms with Crippen LogP contribution in [0, 0.1) is 6.92 Å². The molecule has 3 aromatic rings. The lowest BCUT2D eigenvalue weighted by Crippen LogP contribution is -2.25. The summed E-state index contributed by atoms with van der Waals surface area (Å²) in [7, 11) is 0. The number of hydrogen-bond acceptors (Lipinski definition) is 5. The number of aromatic nitrogens is 3. The summed E-state index contributed by atoms with van der Waals surface area (Å²) < 4.78 is 13.0. The minimum absolute atomic E-state index is 0.191. The average Bonchev–Trinajstić information content (AvgIpc) is 3.12. The molecule has 2 heterocycles. The van der Waals surface area contributed by atoms with Crippen molar-refractivity contribution in [1.29, 1.82) is 0 Å². The minimum atomic E-state index is 0.191. The van der Waals surface area contributed by atoms with Gasteiger partial charge in [-0.3, -0.25) is 4.57 Å². The van der Waals surface area contributed by atoms with Gasteiger partial charge in [0, 0.05) is 17.0 Å². The normalized spacial score (nSPS) is 17.3. The van der Waals surface area contributed by atoms with E-state index < -0.39 is 0 Å². The van der Waals surface area contributed by atoms with E-state index in [-0.39, 0.29) is 6.10 Å². The number of hydrogen-bond donors (Lipinski definition) is 0. The molecule has 1 saturated heterocycles. The molecule has 0 radical (unpaired) electrons. The third-order valence-electron chi connectivity index (χ3n) is 4.29. The largest absolute Gasteiger partial charge is 0.355 e. The first-order chi connectivity index (χ1) is 12.8. The molecule has 26 heavy (non-hydrogen) atoms. The Morgan fingerprint density at radius 3 is 2.77 bits per heavy atom. The maximum Gasteiger partial charge on any atom is 0.196 e. The van der Waals surface area contributed by atoms with E-state index in [1.54, 1.807) is 11.8 Å². The highest BCUT2D eigenvalue weighted by atomic mass is 32.2. The maximum atomic E-state index is 5.66. The summed E-state index contributed by atoms with van der Waals surface area (Å²) in [4.78, 5) is 0. The Hall–Kier alpha value is -2.15. The van der Waals surface area contributed by atoms with E-state index in [0.29, 0.717) is 6.79 Å². The smallest absolute Gasteiger partial charge is 0.196 e. The van der Waals surface area contributed by atoms with E-state index in [1.807, 2.05) is 18.2 Å². The summed E-state index contributed by atoms with van der Waals surface area (Å²) in [6.45, 7) is 3.23. The van der Waals surface area contributed by atoms with Crippen molar-refractivity contribution in [3.63, 3.8) is 0 Å². The van der Waals surface area contributed by atoms with E-state index in [9.17, 15) is 0 Å². The first kappa shape index (κ1) is 17.3. The van der Waals surface area contributed by atoms with Crippen LogP contribution < -0.4 is 0 Å². The summed E-state index contributed by atoms with van der Waals surface area (Å²) in [5.41, 5.74) is 3.33. The first-order valence-electron chi connectivity index (χ1n) is 8.71. The lowest BCUT2D eigenvalue weighted by atomic mass is 10.2. The molecular formula is C20H21N3O2S. The van der Waals surface area contributed by atoms with Crippen LogP contribution in [0.2, 0.25) is 0 Å². The Morgan fingerprint density at radius 2 is 2.00 bits per heavy atom. The molecule has 5 nitrogen and oxygen atoms in total. The van der Waals surface area contributed by atoms with Crippen LogP contribution in [0.3, 0.4) is 0 Å². The van der Waals surface area contributed by atoms with Crippen molar-refractivity contribution >= 4 is 11.8 Å². The van der Waals surface area contributed by atoms with Crippen LogP contribution in [-0.2, 0) is 9.47 Å². The average molecular weight is 367 g/mol. The SMILES string of the molecule is Cc1cccc(-n2c(SCC3CCOCO3)nnc2-c2ccccc2)c1. The molecule has 1 aliphatic rings. The van der Waals surface area contributed by atoms with Crippen LogP contribution in [0.4, 0.5) is 0 Å². The van der Waals surface area contributed by atoms with Crippen molar-refractivity contribution in [2.45, 2.75) is 24.6 Å². The van der Waals surface area contributed by atoms with E-state index in [4.69, 9.17) is 9.47 Å². The van der Waals surface area contributed by atoms with Crippen molar-refractivity contribution in [1.82, 2.24) is 14.8 Å². The van der Waals surface area contributed by atoms with Crippen LogP contribution in [0.5, 0.6) is 0 Å². The zero-order valence-electron chi connectivity index (χ0n) is 14.7. The Morgan fingerprint density at radius 1 is 1.12 bits per heavy atom. The van der Waals surface area contributed by atoms with Crippen molar-refractivity contribution in [2.75, 3.05) is 19.2 Å². The van der Waals surface area contributed by atoms with Gasteiger partial charge in [-0.1, -0.05) is 54.2 Å². The van der Waals surface area contributed by atoms with Gasteiger partial charge in [-0.05, 0) is 31.0 Å². The number of rotatable bonds is 5. The highest BCUT2D eigenvalue weighted by molar-refractivity contribution is 7.99. The van der Waals surface area contributed by atoms with Crippen LogP contribution >= 0.6 is 11.8 Å². The second-order valence-corrected chi connectivity index (χ2v) is 7.25. The van der Waals surface area contributed by atoms with Gasteiger partial charge in [0.15, 0.2) is 11.0 Å². The molecule has 0 bridgehead atoms. The third kappa shape index (κ3) is 3.82. The summed E-state index contributed by atoms with van der Waals surface area (Å²) >= 11 is 1.68. The van der Waals surface area contributed by atoms with Gasteiger partial charge in [0.2, 0.25) is 0 Å². The van der Waals surface area contributed by atoms with Gasteiger partial charge in [0.05, 0.1) is 12.7 Å². The number of nitrogens with zero attached hydrogens (tertiary/aromatic N) is 3. The Labute approximate surface area is 157 Å². The molecule has 1 unspecified atom stereocenters. The van der Waals surface area contributed by atoms with Crippen molar-refractivity contribution in [3.05, 3.63) is 60.2 Å². The topological polar surface area (TPSA) is 49.2 Å². The van der Waals surface area contributed by atoms with Gasteiger partial charge in [0.25, 0.3) is 0 Å². The second kappa shape index (κ2) is 8.03. The Balaban J connectivity index is 1.68. The van der Waals surface area contributed by atoms with Crippen molar-refractivity contribution in [3.8, 4) is 17.1 Å². The highest BCUT2D eigenvalue weighted by Gasteiger charge is 2.19. The molecule has 4 rings (SSSR count). The summed E-state index contributed by atoms with van der Waals surface area (Å²) in [6, 6.07) is 18.6. The molecule has 0 saturated carbocycles. The molecule has 1 fully saturated rings. The summed E-state index contributed by atoms with van der Waals surface area (Å²) in [5.74, 6) is 1.69. The quantitative estimate of drug-likeness (QED) is 0.636. The van der Waals surface area contributed by atoms with E-state index in [2.05, 4.69) is 58.1 Å². The van der Waals surface area contributed by atoms with Crippen LogP contribution in [0.25, 0.3) is 17.1 Å². The standard InChI is InChI=1S/C20H21N3O2S/c1-15-6-5-9-17(12-15)23-19(16-7-3-2-4-8-16)21-22-20(23)26-13-18-10-11-24-14-25-18/h2-9,12,18H,10-11,13-14H2,1H3. The van der Waals surface area contributed by atoms with Crippen LogP contribution in [0.1, 0.15) is 12.0 Å². The second-order valence-electron chi connectivity index (χ2n) is 6.26. The predicted octanol–water partition coefficient (Wildman–Crippen LogP) is 4.10. The molecule has 0 aliphatic carbocycles. The zero-order chi connectivity index (χ0) is 17.8. The monoisotopic (exact) mass is 367 g/mol. The molecule has 2 aromatic carbocycles. The van der Waals surface area contributed by atoms with Gasteiger partial charge < -0.3 is 9.47 Å². The fourth-order valence-electron chi connectivity index (χ4n) is 2.94. The van der Waals surface area contributed by atoms with Gasteiger partial charge in [-0.15, -0.1) is 10.2 Å². The first-order valence-corrected chi connectivity index (χ1v) is 9.70. The summed E-state index contributed by atoms with van der Waals surface area (Å²) in [6.07, 6.45) is 1.11. The molecular weight excluding hydrogens is 346 g/mol. The minimum Gasteiger partial charge on any atom is -0.355 e. The predicted molar refractivity (Wildman–Crippen MR) is 103 cm³/mol. The molecule has 1 aliphatic heterocycles. The van der Waals surface area contributed by atoms with E-state index in [0.717, 1.165) is 41.0 Å². The molecule has 134 valence electrons. The number of aryl methyl sites for hydroxylation is 1. The van der Waals surface area contributed by atoms with Gasteiger partial charge >= 0.3 is 0 Å². The van der Waals surface area contributed by atoms with Crippen LogP contribution in [-0.4, -0.2) is 40.0 Å². The Bertz CT molecular complexity index is 861. The van der Waals surface area contributed by atoms with Crippen molar-refractivity contribution < 1.29 is 9.47 Å². The van der Waals surface area contributed by atoms with E-state index >= 15 is 0 Å². The van der Waals surface area contributed by atoms with Crippen LogP contribution in [0.15, 0.2) is 59.8 Å². The number of thioether (sulfide) groups is 1.